The molecule has 0 unspecified atom stereocenters. The Morgan fingerprint density at radius 1 is 1.20 bits per heavy atom. The van der Waals surface area contributed by atoms with Gasteiger partial charge in [0.25, 0.3) is 5.71 Å². The lowest BCUT2D eigenvalue weighted by Gasteiger charge is -2.17. The van der Waals surface area contributed by atoms with E-state index in [9.17, 15) is 0 Å². The first kappa shape index (κ1) is 11.9. The number of hydrogen-bond acceptors (Lipinski definition) is 5. The van der Waals surface area contributed by atoms with Crippen molar-refractivity contribution in [1.82, 2.24) is 15.0 Å². The molecule has 2 atom stereocenters. The first-order valence-corrected chi connectivity index (χ1v) is 7.35. The number of oxazole rings is 1. The number of aryl methyl sites for hydroxylation is 1. The Labute approximate surface area is 117 Å². The van der Waals surface area contributed by atoms with Gasteiger partial charge in [-0.2, -0.15) is 4.98 Å². The number of anilines is 1. The minimum atomic E-state index is 0.611. The van der Waals surface area contributed by atoms with Crippen LogP contribution in [-0.4, -0.2) is 28.0 Å². The second-order valence-corrected chi connectivity index (χ2v) is 5.68. The molecular formula is C15H18N4O. The summed E-state index contributed by atoms with van der Waals surface area (Å²) in [6, 6.07) is 0. The topological polar surface area (TPSA) is 55.1 Å². The monoisotopic (exact) mass is 270 g/mol. The van der Waals surface area contributed by atoms with E-state index in [0.717, 1.165) is 48.6 Å². The van der Waals surface area contributed by atoms with Crippen LogP contribution in [0.4, 0.5) is 5.82 Å². The van der Waals surface area contributed by atoms with Gasteiger partial charge in [-0.25, -0.2) is 9.97 Å². The number of aromatic nitrogens is 3. The van der Waals surface area contributed by atoms with Crippen molar-refractivity contribution in [3.63, 3.8) is 0 Å². The highest BCUT2D eigenvalue weighted by molar-refractivity contribution is 5.81. The molecule has 1 aliphatic carbocycles. The molecule has 0 spiro atoms. The molecule has 0 saturated carbocycles. The zero-order chi connectivity index (χ0) is 13.5. The molecule has 1 saturated heterocycles. The van der Waals surface area contributed by atoms with Crippen molar-refractivity contribution in [1.29, 1.82) is 0 Å². The molecule has 0 N–H and O–H groups in total. The average Bonchev–Trinajstić information content (AvgIpc) is 3.09. The van der Waals surface area contributed by atoms with Gasteiger partial charge in [0, 0.05) is 19.5 Å². The van der Waals surface area contributed by atoms with Crippen LogP contribution in [0.5, 0.6) is 0 Å². The molecule has 3 heterocycles. The molecule has 0 radical (unpaired) electrons. The van der Waals surface area contributed by atoms with E-state index in [0.29, 0.717) is 5.71 Å². The third kappa shape index (κ3) is 1.80. The van der Waals surface area contributed by atoms with Crippen molar-refractivity contribution in [2.45, 2.75) is 26.2 Å². The van der Waals surface area contributed by atoms with Gasteiger partial charge in [-0.1, -0.05) is 19.1 Å². The Kier molecular flexibility index (Phi) is 2.72. The van der Waals surface area contributed by atoms with E-state index in [4.69, 9.17) is 4.42 Å². The minimum absolute atomic E-state index is 0.611. The molecule has 2 aromatic heterocycles. The van der Waals surface area contributed by atoms with Crippen LogP contribution in [0.3, 0.4) is 0 Å². The van der Waals surface area contributed by atoms with E-state index < -0.39 is 0 Å². The zero-order valence-electron chi connectivity index (χ0n) is 11.6. The highest BCUT2D eigenvalue weighted by atomic mass is 16.4. The molecule has 104 valence electrons. The maximum atomic E-state index is 5.63. The van der Waals surface area contributed by atoms with Crippen LogP contribution < -0.4 is 4.90 Å². The summed E-state index contributed by atoms with van der Waals surface area (Å²) in [6.07, 6.45) is 9.37. The summed E-state index contributed by atoms with van der Waals surface area (Å²) in [5, 5.41) is 0. The van der Waals surface area contributed by atoms with Crippen molar-refractivity contribution in [3.8, 4) is 0 Å². The van der Waals surface area contributed by atoms with Crippen LogP contribution in [-0.2, 0) is 6.42 Å². The fraction of sp³-hybridized carbons (Fsp3) is 0.533. The van der Waals surface area contributed by atoms with Gasteiger partial charge in [-0.3, -0.25) is 0 Å². The van der Waals surface area contributed by atoms with Crippen molar-refractivity contribution in [2.24, 2.45) is 11.8 Å². The Bertz CT molecular complexity index is 647. The number of hydrogen-bond donors (Lipinski definition) is 0. The van der Waals surface area contributed by atoms with Crippen molar-refractivity contribution >= 4 is 17.0 Å². The van der Waals surface area contributed by atoms with Crippen LogP contribution in [0.25, 0.3) is 11.2 Å². The molecule has 2 aromatic rings. The lowest BCUT2D eigenvalue weighted by molar-refractivity contribution is 0.411. The molecule has 4 rings (SSSR count). The first-order chi connectivity index (χ1) is 9.85. The van der Waals surface area contributed by atoms with E-state index in [2.05, 4.69) is 32.0 Å². The maximum Gasteiger partial charge on any atom is 0.252 e. The summed E-state index contributed by atoms with van der Waals surface area (Å²) in [6.45, 7) is 4.17. The fourth-order valence-electron chi connectivity index (χ4n) is 3.36. The maximum absolute atomic E-state index is 5.63. The highest BCUT2D eigenvalue weighted by Crippen LogP contribution is 2.36. The summed E-state index contributed by atoms with van der Waals surface area (Å²) >= 11 is 0. The lowest BCUT2D eigenvalue weighted by Crippen LogP contribution is -2.21. The molecule has 0 amide bonds. The fourth-order valence-corrected chi connectivity index (χ4v) is 3.36. The number of nitrogens with zero attached hydrogens (tertiary/aromatic N) is 4. The number of fused-ring (bicyclic) bond motifs is 2. The van der Waals surface area contributed by atoms with Gasteiger partial charge >= 0.3 is 0 Å². The molecule has 0 bridgehead atoms. The van der Waals surface area contributed by atoms with E-state index >= 15 is 0 Å². The summed E-state index contributed by atoms with van der Waals surface area (Å²) in [4.78, 5) is 15.6. The van der Waals surface area contributed by atoms with Gasteiger partial charge in [0.15, 0.2) is 17.2 Å². The van der Waals surface area contributed by atoms with Crippen LogP contribution in [0.15, 0.2) is 22.9 Å². The summed E-state index contributed by atoms with van der Waals surface area (Å²) in [7, 11) is 0. The van der Waals surface area contributed by atoms with Gasteiger partial charge in [-0.05, 0) is 24.7 Å². The van der Waals surface area contributed by atoms with Gasteiger partial charge in [0.2, 0.25) is 0 Å². The Balaban J connectivity index is 1.70. The number of allylic oxidation sites excluding steroid dienone is 2. The third-order valence-electron chi connectivity index (χ3n) is 4.44. The van der Waals surface area contributed by atoms with Crippen LogP contribution >= 0.6 is 0 Å². The van der Waals surface area contributed by atoms with E-state index in [1.807, 2.05) is 6.92 Å². The van der Waals surface area contributed by atoms with Crippen molar-refractivity contribution in [3.05, 3.63) is 24.4 Å². The zero-order valence-corrected chi connectivity index (χ0v) is 11.6. The minimum Gasteiger partial charge on any atom is -0.422 e. The summed E-state index contributed by atoms with van der Waals surface area (Å²) < 4.78 is 5.63. The summed E-state index contributed by atoms with van der Waals surface area (Å²) in [5.41, 5.74) is 1.43. The molecule has 5 nitrogen and oxygen atoms in total. The van der Waals surface area contributed by atoms with Crippen molar-refractivity contribution < 1.29 is 4.42 Å². The van der Waals surface area contributed by atoms with Crippen molar-refractivity contribution in [2.75, 3.05) is 18.0 Å². The predicted octanol–water partition coefficient (Wildman–Crippen LogP) is 2.58. The average molecular weight is 270 g/mol. The van der Waals surface area contributed by atoms with Crippen LogP contribution in [0.2, 0.25) is 0 Å². The van der Waals surface area contributed by atoms with Gasteiger partial charge in [0.05, 0.1) is 0 Å². The standard InChI is InChI=1S/C15H18N4O/c1-2-12-18-13-14(16-9-17-15(13)20-12)19-7-10-5-3-4-6-11(10)8-19/h3-4,9-11H,2,5-8H2,1H3/t10-,11+. The van der Waals surface area contributed by atoms with E-state index in [-0.39, 0.29) is 0 Å². The molecule has 1 aliphatic heterocycles. The smallest absolute Gasteiger partial charge is 0.252 e. The Morgan fingerprint density at radius 3 is 2.65 bits per heavy atom. The quantitative estimate of drug-likeness (QED) is 0.785. The molecule has 2 aliphatic rings. The van der Waals surface area contributed by atoms with Crippen LogP contribution in [0, 0.1) is 11.8 Å². The Hall–Kier alpha value is -1.91. The predicted molar refractivity (Wildman–Crippen MR) is 76.5 cm³/mol. The highest BCUT2D eigenvalue weighted by Gasteiger charge is 2.34. The normalized spacial score (nSPS) is 25.4. The second-order valence-electron chi connectivity index (χ2n) is 5.68. The number of rotatable bonds is 2. The van der Waals surface area contributed by atoms with Crippen LogP contribution in [0.1, 0.15) is 25.7 Å². The lowest BCUT2D eigenvalue weighted by atomic mass is 9.86. The second kappa shape index (κ2) is 4.58. The van der Waals surface area contributed by atoms with Gasteiger partial charge < -0.3 is 9.32 Å². The van der Waals surface area contributed by atoms with Gasteiger partial charge in [-0.15, -0.1) is 0 Å². The van der Waals surface area contributed by atoms with E-state index in [1.165, 1.54) is 12.8 Å². The molecular weight excluding hydrogens is 252 g/mol. The third-order valence-corrected chi connectivity index (χ3v) is 4.44. The molecule has 20 heavy (non-hydrogen) atoms. The largest absolute Gasteiger partial charge is 0.422 e. The van der Waals surface area contributed by atoms with E-state index in [1.54, 1.807) is 6.33 Å². The summed E-state index contributed by atoms with van der Waals surface area (Å²) in [5.74, 6) is 3.18. The first-order valence-electron chi connectivity index (χ1n) is 7.35. The Morgan fingerprint density at radius 2 is 1.95 bits per heavy atom. The SMILES string of the molecule is CCc1nc2c(N3C[C@H]4CC=CC[C@H]4C3)ncnc2o1. The molecule has 1 fully saturated rings. The van der Waals surface area contributed by atoms with Gasteiger partial charge in [0.1, 0.15) is 6.33 Å². The molecule has 5 heteroatoms. The molecule has 0 aromatic carbocycles.